The van der Waals surface area contributed by atoms with Gasteiger partial charge in [-0.3, -0.25) is 0 Å². The van der Waals surface area contributed by atoms with Gasteiger partial charge in [0.05, 0.1) is 14.2 Å². The molecule has 0 bridgehead atoms. The molecule has 2 heterocycles. The fourth-order valence-corrected chi connectivity index (χ4v) is 5.05. The number of sulfonamides is 1. The van der Waals surface area contributed by atoms with Crippen LogP contribution in [0.2, 0.25) is 0 Å². The van der Waals surface area contributed by atoms with Gasteiger partial charge in [-0.05, 0) is 22.6 Å². The van der Waals surface area contributed by atoms with Gasteiger partial charge in [0, 0.05) is 44.0 Å². The topological polar surface area (TPSA) is 103 Å². The highest BCUT2D eigenvalue weighted by Crippen LogP contribution is 2.35. The van der Waals surface area contributed by atoms with E-state index in [1.165, 1.54) is 35.6 Å². The van der Waals surface area contributed by atoms with Crippen LogP contribution in [0.3, 0.4) is 0 Å². The van der Waals surface area contributed by atoms with Crippen LogP contribution in [0.4, 0.5) is 5.69 Å². The van der Waals surface area contributed by atoms with Gasteiger partial charge < -0.3 is 14.4 Å². The Labute approximate surface area is 174 Å². The quantitative estimate of drug-likeness (QED) is 0.575. The van der Waals surface area contributed by atoms with Crippen LogP contribution in [0.5, 0.6) is 11.5 Å². The van der Waals surface area contributed by atoms with Crippen molar-refractivity contribution < 1.29 is 17.9 Å². The van der Waals surface area contributed by atoms with Crippen LogP contribution >= 0.6 is 0 Å². The van der Waals surface area contributed by atoms with E-state index < -0.39 is 10.0 Å². The maximum absolute atomic E-state index is 13.4. The van der Waals surface area contributed by atoms with Crippen molar-refractivity contribution in [2.75, 3.05) is 45.3 Å². The number of hydrogen-bond donors (Lipinski definition) is 0. The lowest BCUT2D eigenvalue weighted by molar-refractivity contribution is 0.370. The predicted octanol–water partition coefficient (Wildman–Crippen LogP) is 1.19. The fraction of sp³-hybridized carbons (Fsp3) is 0.316. The number of piperazine rings is 1. The largest absolute Gasteiger partial charge is 0.495 e. The highest BCUT2D eigenvalue weighted by Gasteiger charge is 2.32. The number of benzene rings is 2. The molecule has 0 radical (unpaired) electrons. The van der Waals surface area contributed by atoms with E-state index in [2.05, 4.69) is 20.4 Å². The molecule has 30 heavy (non-hydrogen) atoms. The third kappa shape index (κ3) is 3.68. The van der Waals surface area contributed by atoms with E-state index in [0.29, 0.717) is 37.6 Å². The van der Waals surface area contributed by atoms with Crippen molar-refractivity contribution in [1.29, 1.82) is 0 Å². The lowest BCUT2D eigenvalue weighted by Gasteiger charge is -2.35. The van der Waals surface area contributed by atoms with E-state index in [-0.39, 0.29) is 10.6 Å². The van der Waals surface area contributed by atoms with Gasteiger partial charge in [0.2, 0.25) is 10.0 Å². The number of nitrogens with zero attached hydrogens (tertiary/aromatic N) is 6. The van der Waals surface area contributed by atoms with Crippen molar-refractivity contribution in [3.8, 4) is 17.2 Å². The Balaban J connectivity index is 1.63. The summed E-state index contributed by atoms with van der Waals surface area (Å²) in [5, 5.41) is 11.1. The Morgan fingerprint density at radius 1 is 0.933 bits per heavy atom. The second-order valence-corrected chi connectivity index (χ2v) is 8.56. The zero-order valence-electron chi connectivity index (χ0n) is 16.7. The van der Waals surface area contributed by atoms with Gasteiger partial charge in [0.25, 0.3) is 0 Å². The fourth-order valence-electron chi connectivity index (χ4n) is 3.47. The molecule has 11 heteroatoms. The molecule has 1 fully saturated rings. The Morgan fingerprint density at radius 2 is 1.63 bits per heavy atom. The predicted molar refractivity (Wildman–Crippen MR) is 110 cm³/mol. The summed E-state index contributed by atoms with van der Waals surface area (Å²) in [4.78, 5) is 2.22. The van der Waals surface area contributed by atoms with Gasteiger partial charge in [-0.2, -0.15) is 8.99 Å². The van der Waals surface area contributed by atoms with Crippen LogP contribution in [0.15, 0.2) is 53.7 Å². The first-order chi connectivity index (χ1) is 14.5. The molecule has 2 aromatic carbocycles. The molecule has 1 aliphatic rings. The smallest absolute Gasteiger partial charge is 0.247 e. The molecule has 1 aromatic heterocycles. The third-order valence-electron chi connectivity index (χ3n) is 5.04. The maximum atomic E-state index is 13.4. The standard InChI is InChI=1S/C19H22N6O4S/c1-28-17-13-19(18(29-2)12-16(17)25-14-20-21-22-25)30(26,27)24-10-8-23(9-11-24)15-6-4-3-5-7-15/h3-7,12-14H,8-11H2,1-2H3. The molecule has 10 nitrogen and oxygen atoms in total. The van der Waals surface area contributed by atoms with Crippen LogP contribution in [-0.2, 0) is 10.0 Å². The first kappa shape index (κ1) is 20.1. The molecule has 0 spiro atoms. The number of hydrogen-bond acceptors (Lipinski definition) is 8. The lowest BCUT2D eigenvalue weighted by Crippen LogP contribution is -2.48. The van der Waals surface area contributed by atoms with E-state index in [4.69, 9.17) is 9.47 Å². The van der Waals surface area contributed by atoms with Crippen molar-refractivity contribution in [3.05, 3.63) is 48.8 Å². The van der Waals surface area contributed by atoms with E-state index >= 15 is 0 Å². The minimum atomic E-state index is -3.79. The van der Waals surface area contributed by atoms with Crippen LogP contribution in [-0.4, -0.2) is 73.3 Å². The van der Waals surface area contributed by atoms with Gasteiger partial charge >= 0.3 is 0 Å². The minimum Gasteiger partial charge on any atom is -0.495 e. The number of aromatic nitrogens is 4. The molecular formula is C19H22N6O4S. The van der Waals surface area contributed by atoms with Gasteiger partial charge in [-0.25, -0.2) is 8.42 Å². The third-order valence-corrected chi connectivity index (χ3v) is 6.96. The molecule has 0 saturated carbocycles. The molecule has 1 aliphatic heterocycles. The van der Waals surface area contributed by atoms with Crippen molar-refractivity contribution in [3.63, 3.8) is 0 Å². The lowest BCUT2D eigenvalue weighted by atomic mass is 10.2. The van der Waals surface area contributed by atoms with Crippen LogP contribution in [0.25, 0.3) is 5.69 Å². The summed E-state index contributed by atoms with van der Waals surface area (Å²) in [5.41, 5.74) is 1.56. The maximum Gasteiger partial charge on any atom is 0.247 e. The highest BCUT2D eigenvalue weighted by atomic mass is 32.2. The SMILES string of the molecule is COc1cc(S(=O)(=O)N2CCN(c3ccccc3)CC2)c(OC)cc1-n1cnnn1. The molecule has 158 valence electrons. The second kappa shape index (κ2) is 8.28. The summed E-state index contributed by atoms with van der Waals surface area (Å²) in [6.45, 7) is 1.95. The second-order valence-electron chi connectivity index (χ2n) is 6.66. The summed E-state index contributed by atoms with van der Waals surface area (Å²) in [5.74, 6) is 0.524. The first-order valence-electron chi connectivity index (χ1n) is 9.34. The number of anilines is 1. The molecule has 0 amide bonds. The highest BCUT2D eigenvalue weighted by molar-refractivity contribution is 7.89. The molecule has 3 aromatic rings. The number of methoxy groups -OCH3 is 2. The average molecular weight is 430 g/mol. The summed E-state index contributed by atoms with van der Waals surface area (Å²) >= 11 is 0. The molecular weight excluding hydrogens is 408 g/mol. The molecule has 0 atom stereocenters. The Kier molecular flexibility index (Phi) is 5.55. The number of ether oxygens (including phenoxy) is 2. The van der Waals surface area contributed by atoms with Gasteiger partial charge in [0.15, 0.2) is 0 Å². The zero-order chi connectivity index (χ0) is 21.1. The van der Waals surface area contributed by atoms with E-state index in [1.807, 2.05) is 30.3 Å². The summed E-state index contributed by atoms with van der Waals surface area (Å²) in [6, 6.07) is 13.0. The van der Waals surface area contributed by atoms with E-state index in [1.54, 1.807) is 6.07 Å². The molecule has 4 rings (SSSR count). The van der Waals surface area contributed by atoms with E-state index in [0.717, 1.165) is 5.69 Å². The zero-order valence-corrected chi connectivity index (χ0v) is 17.5. The Hall–Kier alpha value is -3.18. The van der Waals surface area contributed by atoms with Gasteiger partial charge in [-0.1, -0.05) is 18.2 Å². The molecule has 1 saturated heterocycles. The normalized spacial score (nSPS) is 15.2. The van der Waals surface area contributed by atoms with Crippen molar-refractivity contribution in [2.24, 2.45) is 0 Å². The van der Waals surface area contributed by atoms with Crippen LogP contribution in [0, 0.1) is 0 Å². The van der Waals surface area contributed by atoms with E-state index in [9.17, 15) is 8.42 Å². The summed E-state index contributed by atoms with van der Waals surface area (Å²) < 4.78 is 40.5. The molecule has 0 unspecified atom stereocenters. The summed E-state index contributed by atoms with van der Waals surface area (Å²) in [7, 11) is -0.897. The molecule has 0 aliphatic carbocycles. The average Bonchev–Trinajstić information content (AvgIpc) is 3.33. The van der Waals surface area contributed by atoms with Crippen molar-refractivity contribution in [2.45, 2.75) is 4.90 Å². The first-order valence-corrected chi connectivity index (χ1v) is 10.8. The number of tetrazole rings is 1. The Morgan fingerprint density at radius 3 is 2.23 bits per heavy atom. The summed E-state index contributed by atoms with van der Waals surface area (Å²) in [6.07, 6.45) is 1.40. The Bertz CT molecular complexity index is 1100. The van der Waals surface area contributed by atoms with Crippen LogP contribution in [0.1, 0.15) is 0 Å². The monoisotopic (exact) mass is 430 g/mol. The van der Waals surface area contributed by atoms with Crippen molar-refractivity contribution >= 4 is 15.7 Å². The number of rotatable bonds is 6. The molecule has 0 N–H and O–H groups in total. The minimum absolute atomic E-state index is 0.0480. The van der Waals surface area contributed by atoms with Crippen LogP contribution < -0.4 is 14.4 Å². The van der Waals surface area contributed by atoms with Gasteiger partial charge in [-0.15, -0.1) is 5.10 Å². The van der Waals surface area contributed by atoms with Gasteiger partial charge in [0.1, 0.15) is 28.4 Å². The van der Waals surface area contributed by atoms with Crippen molar-refractivity contribution in [1.82, 2.24) is 24.5 Å². The number of para-hydroxylation sites is 1.